The van der Waals surface area contributed by atoms with Crippen LogP contribution < -0.4 is 5.73 Å². The lowest BCUT2D eigenvalue weighted by atomic mass is 10.1. The summed E-state index contributed by atoms with van der Waals surface area (Å²) in [7, 11) is 0. The van der Waals surface area contributed by atoms with Crippen LogP contribution in [-0.2, 0) is 6.42 Å². The van der Waals surface area contributed by atoms with E-state index in [9.17, 15) is 0 Å². The quantitative estimate of drug-likeness (QED) is 0.807. The zero-order chi connectivity index (χ0) is 9.84. The maximum absolute atomic E-state index is 5.71. The molecule has 0 bridgehead atoms. The van der Waals surface area contributed by atoms with Gasteiger partial charge in [-0.15, -0.1) is 11.3 Å². The van der Waals surface area contributed by atoms with Gasteiger partial charge in [0, 0.05) is 17.8 Å². The molecule has 1 rings (SSSR count). The lowest BCUT2D eigenvalue weighted by molar-refractivity contribution is 0.694. The van der Waals surface area contributed by atoms with E-state index in [0.29, 0.717) is 5.92 Å². The minimum atomic E-state index is 0.218. The number of nitrogens with two attached hydrogens (primary N) is 1. The molecular formula is C10H18N2S. The second kappa shape index (κ2) is 4.72. The van der Waals surface area contributed by atoms with Gasteiger partial charge < -0.3 is 5.73 Å². The molecule has 0 saturated carbocycles. The van der Waals surface area contributed by atoms with E-state index in [0.717, 1.165) is 12.8 Å². The van der Waals surface area contributed by atoms with Gasteiger partial charge in [-0.2, -0.15) is 0 Å². The molecule has 2 atom stereocenters. The molecule has 0 radical (unpaired) electrons. The SMILES string of the molecule is CCC(C)c1csc(CC(C)N)n1. The molecule has 2 nitrogen and oxygen atoms in total. The van der Waals surface area contributed by atoms with Crippen molar-refractivity contribution in [1.82, 2.24) is 4.98 Å². The largest absolute Gasteiger partial charge is 0.328 e. The highest BCUT2D eigenvalue weighted by Crippen LogP contribution is 2.21. The van der Waals surface area contributed by atoms with E-state index in [1.807, 2.05) is 6.92 Å². The van der Waals surface area contributed by atoms with Gasteiger partial charge in [0.25, 0.3) is 0 Å². The molecule has 1 aromatic rings. The average Bonchev–Trinajstić information content (AvgIpc) is 2.50. The molecule has 0 amide bonds. The Balaban J connectivity index is 2.63. The van der Waals surface area contributed by atoms with Crippen molar-refractivity contribution in [2.24, 2.45) is 5.73 Å². The number of rotatable bonds is 4. The van der Waals surface area contributed by atoms with Crippen LogP contribution in [0.2, 0.25) is 0 Å². The van der Waals surface area contributed by atoms with Gasteiger partial charge in [0.1, 0.15) is 0 Å². The second-order valence-corrected chi connectivity index (χ2v) is 4.60. The van der Waals surface area contributed by atoms with Crippen LogP contribution >= 0.6 is 11.3 Å². The molecule has 3 heteroatoms. The van der Waals surface area contributed by atoms with Gasteiger partial charge in [0.05, 0.1) is 10.7 Å². The number of hydrogen-bond donors (Lipinski definition) is 1. The van der Waals surface area contributed by atoms with Crippen LogP contribution in [0.5, 0.6) is 0 Å². The Morgan fingerprint density at radius 2 is 2.23 bits per heavy atom. The van der Waals surface area contributed by atoms with Crippen molar-refractivity contribution in [2.75, 3.05) is 0 Å². The fourth-order valence-corrected chi connectivity index (χ4v) is 2.19. The molecule has 2 N–H and O–H groups in total. The molecule has 0 saturated heterocycles. The Bertz CT molecular complexity index is 255. The van der Waals surface area contributed by atoms with Crippen LogP contribution in [0.15, 0.2) is 5.38 Å². The van der Waals surface area contributed by atoms with E-state index < -0.39 is 0 Å². The van der Waals surface area contributed by atoms with Crippen molar-refractivity contribution in [2.45, 2.75) is 45.6 Å². The molecule has 1 aromatic heterocycles. The van der Waals surface area contributed by atoms with Crippen LogP contribution in [0, 0.1) is 0 Å². The highest BCUT2D eigenvalue weighted by atomic mass is 32.1. The predicted octanol–water partition coefficient (Wildman–Crippen LogP) is 2.55. The summed E-state index contributed by atoms with van der Waals surface area (Å²) < 4.78 is 0. The zero-order valence-electron chi connectivity index (χ0n) is 8.58. The molecule has 0 aliphatic heterocycles. The first kappa shape index (κ1) is 10.7. The van der Waals surface area contributed by atoms with Crippen molar-refractivity contribution in [3.63, 3.8) is 0 Å². The molecule has 13 heavy (non-hydrogen) atoms. The summed E-state index contributed by atoms with van der Waals surface area (Å²) in [5, 5.41) is 3.33. The smallest absolute Gasteiger partial charge is 0.0943 e. The molecular weight excluding hydrogens is 180 g/mol. The van der Waals surface area contributed by atoms with Crippen LogP contribution in [-0.4, -0.2) is 11.0 Å². The summed E-state index contributed by atoms with van der Waals surface area (Å²) in [5.74, 6) is 0.582. The molecule has 2 unspecified atom stereocenters. The summed E-state index contributed by atoms with van der Waals surface area (Å²) >= 11 is 1.73. The van der Waals surface area contributed by atoms with Crippen molar-refractivity contribution in [1.29, 1.82) is 0 Å². The maximum atomic E-state index is 5.71. The Kier molecular flexibility index (Phi) is 3.88. The molecule has 0 spiro atoms. The lowest BCUT2D eigenvalue weighted by Gasteiger charge is -2.03. The van der Waals surface area contributed by atoms with Crippen LogP contribution in [0.25, 0.3) is 0 Å². The summed E-state index contributed by atoms with van der Waals surface area (Å²) in [6, 6.07) is 0.218. The molecule has 74 valence electrons. The average molecular weight is 198 g/mol. The van der Waals surface area contributed by atoms with Gasteiger partial charge in [0.2, 0.25) is 0 Å². The van der Waals surface area contributed by atoms with E-state index in [4.69, 9.17) is 5.73 Å². The van der Waals surface area contributed by atoms with E-state index in [-0.39, 0.29) is 6.04 Å². The summed E-state index contributed by atoms with van der Waals surface area (Å²) in [6.45, 7) is 6.42. The van der Waals surface area contributed by atoms with E-state index in [2.05, 4.69) is 24.2 Å². The fourth-order valence-electron chi connectivity index (χ4n) is 1.13. The fraction of sp³-hybridized carbons (Fsp3) is 0.700. The number of nitrogens with zero attached hydrogens (tertiary/aromatic N) is 1. The van der Waals surface area contributed by atoms with Crippen LogP contribution in [0.4, 0.5) is 0 Å². The normalized spacial score (nSPS) is 15.7. The number of hydrogen-bond acceptors (Lipinski definition) is 3. The van der Waals surface area contributed by atoms with E-state index in [1.54, 1.807) is 11.3 Å². The van der Waals surface area contributed by atoms with Crippen molar-refractivity contribution < 1.29 is 0 Å². The van der Waals surface area contributed by atoms with Crippen LogP contribution in [0.3, 0.4) is 0 Å². The highest BCUT2D eigenvalue weighted by molar-refractivity contribution is 7.09. The zero-order valence-corrected chi connectivity index (χ0v) is 9.40. The summed E-state index contributed by atoms with van der Waals surface area (Å²) in [6.07, 6.45) is 2.06. The standard InChI is InChI=1S/C10H18N2S/c1-4-7(2)9-6-13-10(12-9)5-8(3)11/h6-8H,4-5,11H2,1-3H3. The molecule has 0 aromatic carbocycles. The Hall–Kier alpha value is -0.410. The molecule has 1 heterocycles. The van der Waals surface area contributed by atoms with Gasteiger partial charge in [-0.05, 0) is 19.3 Å². The number of aromatic nitrogens is 1. The van der Waals surface area contributed by atoms with Gasteiger partial charge in [0.15, 0.2) is 0 Å². The van der Waals surface area contributed by atoms with Crippen molar-refractivity contribution in [3.8, 4) is 0 Å². The monoisotopic (exact) mass is 198 g/mol. The Labute approximate surface area is 84.2 Å². The van der Waals surface area contributed by atoms with E-state index in [1.165, 1.54) is 10.7 Å². The molecule has 0 fully saturated rings. The topological polar surface area (TPSA) is 38.9 Å². The summed E-state index contributed by atoms with van der Waals surface area (Å²) in [4.78, 5) is 4.56. The van der Waals surface area contributed by atoms with Crippen molar-refractivity contribution >= 4 is 11.3 Å². The van der Waals surface area contributed by atoms with E-state index >= 15 is 0 Å². The number of thiazole rings is 1. The Morgan fingerprint density at radius 1 is 1.54 bits per heavy atom. The first-order chi connectivity index (χ1) is 6.13. The predicted molar refractivity (Wildman–Crippen MR) is 58.2 cm³/mol. The minimum absolute atomic E-state index is 0.218. The minimum Gasteiger partial charge on any atom is -0.328 e. The van der Waals surface area contributed by atoms with Gasteiger partial charge in [-0.3, -0.25) is 0 Å². The van der Waals surface area contributed by atoms with Gasteiger partial charge >= 0.3 is 0 Å². The first-order valence-electron chi connectivity index (χ1n) is 4.83. The second-order valence-electron chi connectivity index (χ2n) is 3.66. The third kappa shape index (κ3) is 3.08. The van der Waals surface area contributed by atoms with Crippen LogP contribution in [0.1, 0.15) is 43.8 Å². The third-order valence-electron chi connectivity index (χ3n) is 2.18. The lowest BCUT2D eigenvalue weighted by Crippen LogP contribution is -2.17. The molecule has 0 aliphatic rings. The van der Waals surface area contributed by atoms with Crippen molar-refractivity contribution in [3.05, 3.63) is 16.1 Å². The highest BCUT2D eigenvalue weighted by Gasteiger charge is 2.08. The first-order valence-corrected chi connectivity index (χ1v) is 5.71. The van der Waals surface area contributed by atoms with Gasteiger partial charge in [-0.1, -0.05) is 13.8 Å². The maximum Gasteiger partial charge on any atom is 0.0943 e. The summed E-state index contributed by atoms with van der Waals surface area (Å²) in [5.41, 5.74) is 6.93. The van der Waals surface area contributed by atoms with Gasteiger partial charge in [-0.25, -0.2) is 4.98 Å². The molecule has 0 aliphatic carbocycles. The Morgan fingerprint density at radius 3 is 2.77 bits per heavy atom. The third-order valence-corrected chi connectivity index (χ3v) is 3.07.